The van der Waals surface area contributed by atoms with Crippen LogP contribution in [0.1, 0.15) is 29.1 Å². The normalized spacial score (nSPS) is 11.2. The summed E-state index contributed by atoms with van der Waals surface area (Å²) in [6.45, 7) is 4.13. The van der Waals surface area contributed by atoms with Crippen molar-refractivity contribution in [3.63, 3.8) is 0 Å². The van der Waals surface area contributed by atoms with E-state index in [0.29, 0.717) is 15.8 Å². The Hall–Kier alpha value is -2.24. The molecule has 130 valence electrons. The molecule has 0 radical (unpaired) electrons. The molecule has 0 atom stereocenters. The van der Waals surface area contributed by atoms with Gasteiger partial charge in [0.2, 0.25) is 0 Å². The van der Waals surface area contributed by atoms with E-state index in [1.807, 2.05) is 50.2 Å². The summed E-state index contributed by atoms with van der Waals surface area (Å²) in [4.78, 5) is 15.6. The van der Waals surface area contributed by atoms with Gasteiger partial charge in [0.1, 0.15) is 5.82 Å². The van der Waals surface area contributed by atoms with Crippen LogP contribution in [0.4, 0.5) is 10.1 Å². The van der Waals surface area contributed by atoms with Crippen LogP contribution in [0, 0.1) is 5.82 Å². The number of rotatable bonds is 5. The summed E-state index contributed by atoms with van der Waals surface area (Å²) in [5.41, 5.74) is 1.44. The number of anilines is 1. The standard InChI is InChI=1S/C20H20FNO2S/c1-13(2)22(14-8-5-4-6-9-14)20(23)19-15(12-24-3)18-16(21)10-7-11-17(18)25-19/h4-11,13H,12H2,1-3H3. The van der Waals surface area contributed by atoms with Crippen molar-refractivity contribution in [1.82, 2.24) is 0 Å². The lowest BCUT2D eigenvalue weighted by Crippen LogP contribution is -2.37. The maximum atomic E-state index is 14.4. The Balaban J connectivity index is 2.15. The van der Waals surface area contributed by atoms with Crippen LogP contribution in [0.15, 0.2) is 48.5 Å². The molecule has 0 aliphatic heterocycles. The second-order valence-corrected chi connectivity index (χ2v) is 7.11. The van der Waals surface area contributed by atoms with E-state index in [1.165, 1.54) is 17.4 Å². The van der Waals surface area contributed by atoms with E-state index >= 15 is 0 Å². The Bertz CT molecular complexity index is 889. The quantitative estimate of drug-likeness (QED) is 0.625. The Morgan fingerprint density at radius 3 is 2.52 bits per heavy atom. The molecule has 0 bridgehead atoms. The van der Waals surface area contributed by atoms with E-state index in [2.05, 4.69) is 0 Å². The number of fused-ring (bicyclic) bond motifs is 1. The molecule has 0 saturated carbocycles. The van der Waals surface area contributed by atoms with Crippen molar-refractivity contribution in [2.24, 2.45) is 0 Å². The summed E-state index contributed by atoms with van der Waals surface area (Å²) in [5, 5.41) is 0.481. The van der Waals surface area contributed by atoms with Crippen LogP contribution in [0.3, 0.4) is 0 Å². The number of hydrogen-bond acceptors (Lipinski definition) is 3. The summed E-state index contributed by atoms with van der Waals surface area (Å²) >= 11 is 1.32. The average molecular weight is 357 g/mol. The zero-order valence-corrected chi connectivity index (χ0v) is 15.3. The lowest BCUT2D eigenvalue weighted by Gasteiger charge is -2.27. The fourth-order valence-corrected chi connectivity index (χ4v) is 4.13. The Kier molecular flexibility index (Phi) is 5.16. The summed E-state index contributed by atoms with van der Waals surface area (Å²) in [6.07, 6.45) is 0. The van der Waals surface area contributed by atoms with Gasteiger partial charge < -0.3 is 9.64 Å². The fourth-order valence-electron chi connectivity index (χ4n) is 2.97. The minimum atomic E-state index is -0.323. The molecule has 3 nitrogen and oxygen atoms in total. The summed E-state index contributed by atoms with van der Waals surface area (Å²) in [5.74, 6) is -0.454. The van der Waals surface area contributed by atoms with Gasteiger partial charge >= 0.3 is 0 Å². The highest BCUT2D eigenvalue weighted by atomic mass is 32.1. The first kappa shape index (κ1) is 17.6. The maximum absolute atomic E-state index is 14.4. The third-order valence-electron chi connectivity index (χ3n) is 4.02. The van der Waals surface area contributed by atoms with E-state index < -0.39 is 0 Å². The van der Waals surface area contributed by atoms with Gasteiger partial charge in [-0.2, -0.15) is 0 Å². The predicted molar refractivity (Wildman–Crippen MR) is 101 cm³/mol. The largest absolute Gasteiger partial charge is 0.380 e. The van der Waals surface area contributed by atoms with Gasteiger partial charge in [-0.25, -0.2) is 4.39 Å². The first-order valence-corrected chi connectivity index (χ1v) is 8.93. The molecule has 0 saturated heterocycles. The molecule has 5 heteroatoms. The number of ether oxygens (including phenoxy) is 1. The molecule has 0 unspecified atom stereocenters. The second-order valence-electron chi connectivity index (χ2n) is 6.06. The summed E-state index contributed by atoms with van der Waals surface area (Å²) < 4.78 is 20.4. The molecular formula is C20H20FNO2S. The fraction of sp³-hybridized carbons (Fsp3) is 0.250. The molecule has 0 aliphatic carbocycles. The number of benzene rings is 2. The molecule has 3 aromatic rings. The number of hydrogen-bond donors (Lipinski definition) is 0. The molecule has 0 aliphatic rings. The number of methoxy groups -OCH3 is 1. The molecule has 0 fully saturated rings. The van der Waals surface area contributed by atoms with E-state index in [9.17, 15) is 9.18 Å². The highest BCUT2D eigenvalue weighted by Gasteiger charge is 2.27. The van der Waals surface area contributed by atoms with Crippen molar-refractivity contribution in [1.29, 1.82) is 0 Å². The van der Waals surface area contributed by atoms with E-state index in [1.54, 1.807) is 18.1 Å². The van der Waals surface area contributed by atoms with Gasteiger partial charge in [-0.3, -0.25) is 4.79 Å². The molecule has 2 aromatic carbocycles. The van der Waals surface area contributed by atoms with Gasteiger partial charge in [-0.05, 0) is 38.1 Å². The molecule has 0 N–H and O–H groups in total. The van der Waals surface area contributed by atoms with Gasteiger partial charge in [0.15, 0.2) is 0 Å². The minimum absolute atomic E-state index is 0.0274. The van der Waals surface area contributed by atoms with Gasteiger partial charge in [-0.1, -0.05) is 24.3 Å². The van der Waals surface area contributed by atoms with Crippen molar-refractivity contribution in [2.45, 2.75) is 26.5 Å². The van der Waals surface area contributed by atoms with Gasteiger partial charge in [0, 0.05) is 34.5 Å². The Morgan fingerprint density at radius 2 is 1.88 bits per heavy atom. The highest BCUT2D eigenvalue weighted by molar-refractivity contribution is 7.21. The topological polar surface area (TPSA) is 29.5 Å². The third kappa shape index (κ3) is 3.30. The predicted octanol–water partition coefficient (Wildman–Crippen LogP) is 5.24. The first-order chi connectivity index (χ1) is 12.0. The Labute approximate surface area is 150 Å². The van der Waals surface area contributed by atoms with Gasteiger partial charge in [-0.15, -0.1) is 11.3 Å². The molecule has 0 spiro atoms. The zero-order valence-electron chi connectivity index (χ0n) is 14.5. The van der Waals surface area contributed by atoms with Crippen molar-refractivity contribution >= 4 is 33.0 Å². The number of thiophene rings is 1. The van der Waals surface area contributed by atoms with Crippen LogP contribution in [0.25, 0.3) is 10.1 Å². The number of amides is 1. The number of carbonyl (C=O) groups excluding carboxylic acids is 1. The second kappa shape index (κ2) is 7.33. The van der Waals surface area contributed by atoms with Crippen molar-refractivity contribution in [2.75, 3.05) is 12.0 Å². The molecule has 1 amide bonds. The van der Waals surface area contributed by atoms with Crippen molar-refractivity contribution in [3.8, 4) is 0 Å². The lowest BCUT2D eigenvalue weighted by molar-refractivity contribution is 0.0980. The van der Waals surface area contributed by atoms with Crippen LogP contribution in [-0.4, -0.2) is 19.1 Å². The molecule has 1 aromatic heterocycles. The van der Waals surface area contributed by atoms with E-state index in [0.717, 1.165) is 10.4 Å². The third-order valence-corrected chi connectivity index (χ3v) is 5.20. The molecule has 25 heavy (non-hydrogen) atoms. The van der Waals surface area contributed by atoms with Crippen LogP contribution in [-0.2, 0) is 11.3 Å². The van der Waals surface area contributed by atoms with Gasteiger partial charge in [0.05, 0.1) is 11.5 Å². The zero-order chi connectivity index (χ0) is 18.0. The van der Waals surface area contributed by atoms with E-state index in [4.69, 9.17) is 4.74 Å². The molecular weight excluding hydrogens is 337 g/mol. The van der Waals surface area contributed by atoms with Crippen molar-refractivity contribution < 1.29 is 13.9 Å². The van der Waals surface area contributed by atoms with Crippen LogP contribution < -0.4 is 4.90 Å². The SMILES string of the molecule is COCc1c(C(=O)N(c2ccccc2)C(C)C)sc2cccc(F)c12. The lowest BCUT2D eigenvalue weighted by atomic mass is 10.1. The first-order valence-electron chi connectivity index (χ1n) is 8.12. The monoisotopic (exact) mass is 357 g/mol. The van der Waals surface area contributed by atoms with Crippen LogP contribution in [0.2, 0.25) is 0 Å². The summed E-state index contributed by atoms with van der Waals surface area (Å²) in [6, 6.07) is 14.4. The molecule has 1 heterocycles. The smallest absolute Gasteiger partial charge is 0.268 e. The molecule has 3 rings (SSSR count). The maximum Gasteiger partial charge on any atom is 0.268 e. The summed E-state index contributed by atoms with van der Waals surface area (Å²) in [7, 11) is 1.55. The van der Waals surface area contributed by atoms with Crippen LogP contribution >= 0.6 is 11.3 Å². The highest BCUT2D eigenvalue weighted by Crippen LogP contribution is 2.35. The minimum Gasteiger partial charge on any atom is -0.380 e. The Morgan fingerprint density at radius 1 is 1.16 bits per heavy atom. The number of para-hydroxylation sites is 1. The average Bonchev–Trinajstić information content (AvgIpc) is 2.96. The van der Waals surface area contributed by atoms with Crippen molar-refractivity contribution in [3.05, 3.63) is 64.8 Å². The van der Waals surface area contributed by atoms with Gasteiger partial charge in [0.25, 0.3) is 5.91 Å². The number of halogens is 1. The van der Waals surface area contributed by atoms with Crippen LogP contribution in [0.5, 0.6) is 0 Å². The number of nitrogens with zero attached hydrogens (tertiary/aromatic N) is 1. The van der Waals surface area contributed by atoms with E-state index in [-0.39, 0.29) is 24.4 Å². The number of carbonyl (C=O) groups is 1.